The van der Waals surface area contributed by atoms with Crippen LogP contribution in [0.4, 0.5) is 0 Å². The van der Waals surface area contributed by atoms with Gasteiger partial charge in [-0.05, 0) is 32.2 Å². The molecule has 7 nitrogen and oxygen atoms in total. The zero-order valence-corrected chi connectivity index (χ0v) is 10.4. The van der Waals surface area contributed by atoms with Crippen LogP contribution in [-0.2, 0) is 21.3 Å². The van der Waals surface area contributed by atoms with Crippen molar-refractivity contribution >= 4 is 10.0 Å². The molecule has 1 heterocycles. The van der Waals surface area contributed by atoms with E-state index >= 15 is 0 Å². The van der Waals surface area contributed by atoms with E-state index in [2.05, 4.69) is 10.3 Å². The zero-order chi connectivity index (χ0) is 12.5. The second-order valence-electron chi connectivity index (χ2n) is 4.40. The van der Waals surface area contributed by atoms with Crippen molar-refractivity contribution in [2.75, 3.05) is 6.54 Å². The smallest absolute Gasteiger partial charge is 0.220 e. The monoisotopic (exact) mass is 259 g/mol. The summed E-state index contributed by atoms with van der Waals surface area (Å²) in [6, 6.07) is 0. The standard InChI is InChI=1S/C9H17N5O2S/c10-5-2-6-14-7-8(12-13-14)9(3-1-4-9)17(11,15)16/h7H,1-6,10H2,(H2,11,15,16). The van der Waals surface area contributed by atoms with Crippen LogP contribution in [0.2, 0.25) is 0 Å². The van der Waals surface area contributed by atoms with E-state index in [-0.39, 0.29) is 0 Å². The highest BCUT2D eigenvalue weighted by atomic mass is 32.2. The number of aryl methyl sites for hydroxylation is 1. The van der Waals surface area contributed by atoms with Gasteiger partial charge in [-0.25, -0.2) is 13.6 Å². The van der Waals surface area contributed by atoms with Gasteiger partial charge in [0.15, 0.2) is 0 Å². The van der Waals surface area contributed by atoms with E-state index in [1.807, 2.05) is 0 Å². The highest BCUT2D eigenvalue weighted by Crippen LogP contribution is 2.45. The van der Waals surface area contributed by atoms with Crippen molar-refractivity contribution in [1.82, 2.24) is 15.0 Å². The minimum Gasteiger partial charge on any atom is -0.330 e. The largest absolute Gasteiger partial charge is 0.330 e. The van der Waals surface area contributed by atoms with Gasteiger partial charge in [0.2, 0.25) is 10.0 Å². The number of aromatic nitrogens is 3. The van der Waals surface area contributed by atoms with Gasteiger partial charge in [-0.15, -0.1) is 5.10 Å². The van der Waals surface area contributed by atoms with Crippen molar-refractivity contribution in [3.63, 3.8) is 0 Å². The minimum atomic E-state index is -3.63. The van der Waals surface area contributed by atoms with Crippen LogP contribution in [0.5, 0.6) is 0 Å². The summed E-state index contributed by atoms with van der Waals surface area (Å²) in [5, 5.41) is 13.1. The number of rotatable bonds is 5. The van der Waals surface area contributed by atoms with Gasteiger partial charge in [0.25, 0.3) is 0 Å². The molecule has 0 atom stereocenters. The van der Waals surface area contributed by atoms with Gasteiger partial charge in [-0.2, -0.15) is 0 Å². The fourth-order valence-corrected chi connectivity index (χ4v) is 3.30. The molecule has 1 aliphatic carbocycles. The van der Waals surface area contributed by atoms with Gasteiger partial charge in [0.05, 0.1) is 6.20 Å². The van der Waals surface area contributed by atoms with Gasteiger partial charge in [0, 0.05) is 6.54 Å². The summed E-state index contributed by atoms with van der Waals surface area (Å²) in [4.78, 5) is 0. The molecule has 8 heteroatoms. The van der Waals surface area contributed by atoms with Gasteiger partial charge >= 0.3 is 0 Å². The molecule has 0 aliphatic heterocycles. The molecule has 96 valence electrons. The van der Waals surface area contributed by atoms with Crippen molar-refractivity contribution in [3.05, 3.63) is 11.9 Å². The maximum absolute atomic E-state index is 11.6. The molecule has 1 aromatic rings. The normalized spacial score (nSPS) is 18.9. The van der Waals surface area contributed by atoms with E-state index in [1.54, 1.807) is 10.9 Å². The third kappa shape index (κ3) is 2.07. The molecule has 0 amide bonds. The number of primary sulfonamides is 1. The summed E-state index contributed by atoms with van der Waals surface area (Å²) in [5.41, 5.74) is 5.86. The first-order valence-corrected chi connectivity index (χ1v) is 7.17. The Kier molecular flexibility index (Phi) is 3.19. The second-order valence-corrected chi connectivity index (χ2v) is 6.27. The van der Waals surface area contributed by atoms with Crippen LogP contribution in [0, 0.1) is 0 Å². The molecule has 2 rings (SSSR count). The van der Waals surface area contributed by atoms with Crippen LogP contribution >= 0.6 is 0 Å². The summed E-state index contributed by atoms with van der Waals surface area (Å²) in [6.07, 6.45) is 4.36. The van der Waals surface area contributed by atoms with Gasteiger partial charge in [-0.3, -0.25) is 4.68 Å². The molecule has 0 radical (unpaired) electrons. The number of hydrogen-bond donors (Lipinski definition) is 2. The lowest BCUT2D eigenvalue weighted by atomic mass is 9.82. The summed E-state index contributed by atoms with van der Waals surface area (Å²) < 4.78 is 23.9. The first-order chi connectivity index (χ1) is 7.99. The topological polar surface area (TPSA) is 117 Å². The Labute approximate surface area is 100 Å². The van der Waals surface area contributed by atoms with Crippen LogP contribution in [0.3, 0.4) is 0 Å². The van der Waals surface area contributed by atoms with E-state index < -0.39 is 14.8 Å². The third-order valence-corrected chi connectivity index (χ3v) is 5.01. The summed E-state index contributed by atoms with van der Waals surface area (Å²) in [7, 11) is -3.63. The number of nitrogens with two attached hydrogens (primary N) is 2. The molecular weight excluding hydrogens is 242 g/mol. The quantitative estimate of drug-likeness (QED) is 0.724. The fraction of sp³-hybridized carbons (Fsp3) is 0.778. The molecule has 1 saturated carbocycles. The van der Waals surface area contributed by atoms with E-state index in [0.717, 1.165) is 12.8 Å². The van der Waals surface area contributed by atoms with Crippen LogP contribution in [0.25, 0.3) is 0 Å². The minimum absolute atomic E-state index is 0.461. The van der Waals surface area contributed by atoms with Gasteiger partial charge < -0.3 is 5.73 Å². The molecule has 0 spiro atoms. The number of hydrogen-bond acceptors (Lipinski definition) is 5. The fourth-order valence-electron chi connectivity index (χ4n) is 2.05. The average Bonchev–Trinajstić information content (AvgIpc) is 2.59. The van der Waals surface area contributed by atoms with E-state index in [9.17, 15) is 8.42 Å². The summed E-state index contributed by atoms with van der Waals surface area (Å²) in [5.74, 6) is 0. The lowest BCUT2D eigenvalue weighted by Gasteiger charge is -2.37. The van der Waals surface area contributed by atoms with Crippen LogP contribution in [0.15, 0.2) is 6.20 Å². The maximum atomic E-state index is 11.6. The first kappa shape index (κ1) is 12.5. The first-order valence-electron chi connectivity index (χ1n) is 5.63. The molecule has 1 aromatic heterocycles. The summed E-state index contributed by atoms with van der Waals surface area (Å²) in [6.45, 7) is 1.21. The lowest BCUT2D eigenvalue weighted by molar-refractivity contribution is 0.337. The predicted molar refractivity (Wildman–Crippen MR) is 62.3 cm³/mol. The molecule has 0 aromatic carbocycles. The molecule has 0 unspecified atom stereocenters. The van der Waals surface area contributed by atoms with Crippen LogP contribution in [0.1, 0.15) is 31.4 Å². The zero-order valence-electron chi connectivity index (χ0n) is 9.54. The SMILES string of the molecule is NCCCn1cc(C2(S(N)(=O)=O)CCC2)nn1. The molecule has 0 bridgehead atoms. The molecule has 1 aliphatic rings. The van der Waals surface area contributed by atoms with Gasteiger partial charge in [-0.1, -0.05) is 5.21 Å². The second kappa shape index (κ2) is 4.35. The van der Waals surface area contributed by atoms with Crippen LogP contribution in [-0.4, -0.2) is 30.0 Å². The Hall–Kier alpha value is -0.990. The molecule has 17 heavy (non-hydrogen) atoms. The van der Waals surface area contributed by atoms with Crippen LogP contribution < -0.4 is 10.9 Å². The van der Waals surface area contributed by atoms with E-state index in [1.165, 1.54) is 0 Å². The Balaban J connectivity index is 2.24. The Bertz CT molecular complexity index is 491. The lowest BCUT2D eigenvalue weighted by Crippen LogP contribution is -2.46. The molecule has 1 fully saturated rings. The van der Waals surface area contributed by atoms with Crippen molar-refractivity contribution in [2.24, 2.45) is 10.9 Å². The van der Waals surface area contributed by atoms with Crippen molar-refractivity contribution < 1.29 is 8.42 Å². The Morgan fingerprint density at radius 1 is 1.47 bits per heavy atom. The van der Waals surface area contributed by atoms with Crippen molar-refractivity contribution in [2.45, 2.75) is 37.0 Å². The molecule has 0 saturated heterocycles. The Morgan fingerprint density at radius 2 is 2.18 bits per heavy atom. The third-order valence-electron chi connectivity index (χ3n) is 3.30. The van der Waals surface area contributed by atoms with Crippen molar-refractivity contribution in [1.29, 1.82) is 0 Å². The van der Waals surface area contributed by atoms with E-state index in [0.29, 0.717) is 31.6 Å². The van der Waals surface area contributed by atoms with E-state index in [4.69, 9.17) is 10.9 Å². The number of sulfonamides is 1. The number of nitrogens with zero attached hydrogens (tertiary/aromatic N) is 3. The highest BCUT2D eigenvalue weighted by molar-refractivity contribution is 7.90. The van der Waals surface area contributed by atoms with Crippen molar-refractivity contribution in [3.8, 4) is 0 Å². The maximum Gasteiger partial charge on any atom is 0.220 e. The average molecular weight is 259 g/mol. The predicted octanol–water partition coefficient (Wildman–Crippen LogP) is -0.705. The molecular formula is C9H17N5O2S. The highest BCUT2D eigenvalue weighted by Gasteiger charge is 2.50. The summed E-state index contributed by atoms with van der Waals surface area (Å²) >= 11 is 0. The Morgan fingerprint density at radius 3 is 2.65 bits per heavy atom. The van der Waals surface area contributed by atoms with Gasteiger partial charge in [0.1, 0.15) is 10.4 Å². The molecule has 4 N–H and O–H groups in total.